The topological polar surface area (TPSA) is 41.6 Å². The van der Waals surface area contributed by atoms with E-state index in [4.69, 9.17) is 4.74 Å². The van der Waals surface area contributed by atoms with Gasteiger partial charge in [0.2, 0.25) is 5.91 Å². The first-order valence-electron chi connectivity index (χ1n) is 11.0. The Kier molecular flexibility index (Phi) is 6.02. The lowest BCUT2D eigenvalue weighted by Crippen LogP contribution is -2.60. The van der Waals surface area contributed by atoms with Crippen molar-refractivity contribution in [2.45, 2.75) is 68.7 Å². The zero-order valence-electron chi connectivity index (χ0n) is 16.9. The Morgan fingerprint density at radius 1 is 1.04 bits per heavy atom. The van der Waals surface area contributed by atoms with Crippen LogP contribution >= 0.6 is 0 Å². The molecule has 1 aromatic rings. The smallest absolute Gasteiger partial charge is 0.230 e. The van der Waals surface area contributed by atoms with Gasteiger partial charge in [-0.1, -0.05) is 44.2 Å². The van der Waals surface area contributed by atoms with Crippen molar-refractivity contribution in [3.63, 3.8) is 0 Å². The van der Waals surface area contributed by atoms with Gasteiger partial charge in [-0.25, -0.2) is 4.39 Å². The number of halogens is 1. The highest BCUT2D eigenvalue weighted by Crippen LogP contribution is 2.42. The molecule has 5 heteroatoms. The van der Waals surface area contributed by atoms with E-state index < -0.39 is 5.41 Å². The van der Waals surface area contributed by atoms with E-state index in [9.17, 15) is 9.18 Å². The van der Waals surface area contributed by atoms with Gasteiger partial charge in [-0.15, -0.1) is 0 Å². The second kappa shape index (κ2) is 8.50. The molecule has 0 unspecified atom stereocenters. The van der Waals surface area contributed by atoms with E-state index in [0.29, 0.717) is 6.54 Å². The van der Waals surface area contributed by atoms with Crippen molar-refractivity contribution in [2.75, 3.05) is 32.8 Å². The highest BCUT2D eigenvalue weighted by Gasteiger charge is 2.45. The molecule has 28 heavy (non-hydrogen) atoms. The highest BCUT2D eigenvalue weighted by atomic mass is 19.1. The predicted molar refractivity (Wildman–Crippen MR) is 108 cm³/mol. The zero-order valence-corrected chi connectivity index (χ0v) is 16.9. The molecular weight excluding hydrogens is 355 g/mol. The summed E-state index contributed by atoms with van der Waals surface area (Å²) in [6.45, 7) is 4.16. The Labute approximate surface area is 167 Å². The molecule has 1 heterocycles. The molecule has 3 fully saturated rings. The van der Waals surface area contributed by atoms with Crippen LogP contribution in [0.1, 0.15) is 63.4 Å². The summed E-state index contributed by atoms with van der Waals surface area (Å²) in [5.74, 6) is -0.164. The lowest BCUT2D eigenvalue weighted by atomic mass is 9.76. The third-order valence-electron chi connectivity index (χ3n) is 7.31. The van der Waals surface area contributed by atoms with Crippen molar-refractivity contribution in [1.82, 2.24) is 10.2 Å². The number of carbonyl (C=O) groups is 1. The molecule has 1 aromatic carbocycles. The number of carbonyl (C=O) groups excluding carboxylic acids is 1. The molecular formula is C23H33FN2O2. The van der Waals surface area contributed by atoms with Crippen LogP contribution in [0.5, 0.6) is 0 Å². The first-order valence-corrected chi connectivity index (χ1v) is 11.0. The molecule has 4 rings (SSSR count). The summed E-state index contributed by atoms with van der Waals surface area (Å²) >= 11 is 0. The SMILES string of the molecule is O=C(NCC1(N2CCOCC2)CCCCC1)C1(c2cccc(F)c2)CCCC1. The molecule has 0 bridgehead atoms. The quantitative estimate of drug-likeness (QED) is 0.834. The van der Waals surface area contributed by atoms with E-state index in [1.54, 1.807) is 12.1 Å². The average molecular weight is 389 g/mol. The van der Waals surface area contributed by atoms with Crippen LogP contribution in [0, 0.1) is 5.82 Å². The highest BCUT2D eigenvalue weighted by molar-refractivity contribution is 5.88. The summed E-state index contributed by atoms with van der Waals surface area (Å²) in [5, 5.41) is 3.35. The zero-order chi connectivity index (χ0) is 19.5. The van der Waals surface area contributed by atoms with Gasteiger partial charge in [-0.2, -0.15) is 0 Å². The summed E-state index contributed by atoms with van der Waals surface area (Å²) < 4.78 is 19.4. The molecule has 0 atom stereocenters. The molecule has 0 aromatic heterocycles. The number of benzene rings is 1. The molecule has 0 spiro atoms. The van der Waals surface area contributed by atoms with Gasteiger partial charge in [0.15, 0.2) is 0 Å². The predicted octanol–water partition coefficient (Wildman–Crippen LogP) is 3.79. The maximum absolute atomic E-state index is 13.9. The van der Waals surface area contributed by atoms with Crippen LogP contribution in [0.25, 0.3) is 0 Å². The van der Waals surface area contributed by atoms with Crippen LogP contribution in [0.15, 0.2) is 24.3 Å². The fourth-order valence-corrected chi connectivity index (χ4v) is 5.68. The van der Waals surface area contributed by atoms with Crippen molar-refractivity contribution < 1.29 is 13.9 Å². The standard InChI is InChI=1S/C23H33FN2O2/c24-20-8-6-7-19(17-20)23(11-4-5-12-23)21(27)25-18-22(9-2-1-3-10-22)26-13-15-28-16-14-26/h6-8,17H,1-5,9-16,18H2,(H,25,27). The van der Waals surface area contributed by atoms with Gasteiger partial charge >= 0.3 is 0 Å². The van der Waals surface area contributed by atoms with Crippen LogP contribution in [-0.2, 0) is 14.9 Å². The average Bonchev–Trinajstić information content (AvgIpc) is 3.25. The molecule has 1 N–H and O–H groups in total. The van der Waals surface area contributed by atoms with Gasteiger partial charge < -0.3 is 10.1 Å². The van der Waals surface area contributed by atoms with E-state index in [1.807, 2.05) is 6.07 Å². The fourth-order valence-electron chi connectivity index (χ4n) is 5.68. The second-order valence-electron chi connectivity index (χ2n) is 8.87. The van der Waals surface area contributed by atoms with Gasteiger partial charge in [0.1, 0.15) is 5.82 Å². The summed E-state index contributed by atoms with van der Waals surface area (Å²) in [5.41, 5.74) is 0.328. The summed E-state index contributed by atoms with van der Waals surface area (Å²) in [7, 11) is 0. The number of rotatable bonds is 5. The molecule has 2 saturated carbocycles. The summed E-state index contributed by atoms with van der Waals surface area (Å²) in [4.78, 5) is 16.0. The van der Waals surface area contributed by atoms with Crippen LogP contribution < -0.4 is 5.32 Å². The Morgan fingerprint density at radius 2 is 1.71 bits per heavy atom. The van der Waals surface area contributed by atoms with Crippen molar-refractivity contribution in [3.05, 3.63) is 35.6 Å². The fraction of sp³-hybridized carbons (Fsp3) is 0.696. The van der Waals surface area contributed by atoms with Gasteiger partial charge in [0.25, 0.3) is 0 Å². The van der Waals surface area contributed by atoms with Crippen molar-refractivity contribution in [2.24, 2.45) is 0 Å². The number of amides is 1. The molecule has 2 aliphatic carbocycles. The van der Waals surface area contributed by atoms with Crippen LogP contribution in [0.2, 0.25) is 0 Å². The minimum atomic E-state index is -0.567. The van der Waals surface area contributed by atoms with Gasteiger partial charge in [0.05, 0.1) is 18.6 Å². The van der Waals surface area contributed by atoms with Crippen LogP contribution in [0.4, 0.5) is 4.39 Å². The molecule has 154 valence electrons. The lowest BCUT2D eigenvalue weighted by molar-refractivity contribution is -0.128. The third kappa shape index (κ3) is 3.84. The summed E-state index contributed by atoms with van der Waals surface area (Å²) in [6, 6.07) is 6.67. The van der Waals surface area contributed by atoms with Crippen molar-refractivity contribution in [3.8, 4) is 0 Å². The largest absolute Gasteiger partial charge is 0.379 e. The maximum Gasteiger partial charge on any atom is 0.230 e. The molecule has 3 aliphatic rings. The van der Waals surface area contributed by atoms with Gasteiger partial charge in [-0.05, 0) is 43.4 Å². The van der Waals surface area contributed by atoms with E-state index >= 15 is 0 Å². The molecule has 1 amide bonds. The van der Waals surface area contributed by atoms with E-state index in [-0.39, 0.29) is 17.3 Å². The number of hydrogen-bond acceptors (Lipinski definition) is 3. The maximum atomic E-state index is 13.9. The number of nitrogens with zero attached hydrogens (tertiary/aromatic N) is 1. The first kappa shape index (κ1) is 19.8. The molecule has 1 saturated heterocycles. The van der Waals surface area contributed by atoms with E-state index in [0.717, 1.165) is 70.4 Å². The monoisotopic (exact) mass is 388 g/mol. The normalized spacial score (nSPS) is 24.8. The van der Waals surface area contributed by atoms with E-state index in [2.05, 4.69) is 10.2 Å². The first-order chi connectivity index (χ1) is 13.6. The summed E-state index contributed by atoms with van der Waals surface area (Å²) in [6.07, 6.45) is 9.69. The van der Waals surface area contributed by atoms with Gasteiger partial charge in [-0.3, -0.25) is 9.69 Å². The van der Waals surface area contributed by atoms with Gasteiger partial charge in [0, 0.05) is 25.2 Å². The lowest BCUT2D eigenvalue weighted by Gasteiger charge is -2.48. The number of morpholine rings is 1. The number of hydrogen-bond donors (Lipinski definition) is 1. The second-order valence-corrected chi connectivity index (χ2v) is 8.87. The molecule has 1 aliphatic heterocycles. The Hall–Kier alpha value is -1.46. The Balaban J connectivity index is 1.52. The van der Waals surface area contributed by atoms with E-state index in [1.165, 1.54) is 25.3 Å². The minimum absolute atomic E-state index is 0.0550. The van der Waals surface area contributed by atoms with Crippen LogP contribution in [0.3, 0.4) is 0 Å². The molecule has 4 nitrogen and oxygen atoms in total. The Bertz CT molecular complexity index is 675. The van der Waals surface area contributed by atoms with Crippen molar-refractivity contribution in [1.29, 1.82) is 0 Å². The third-order valence-corrected chi connectivity index (χ3v) is 7.31. The number of nitrogens with one attached hydrogen (secondary N) is 1. The molecule has 0 radical (unpaired) electrons. The number of ether oxygens (including phenoxy) is 1. The Morgan fingerprint density at radius 3 is 2.39 bits per heavy atom. The van der Waals surface area contributed by atoms with Crippen LogP contribution in [-0.4, -0.2) is 49.2 Å². The van der Waals surface area contributed by atoms with Crippen molar-refractivity contribution >= 4 is 5.91 Å². The minimum Gasteiger partial charge on any atom is -0.379 e.